The second-order valence-corrected chi connectivity index (χ2v) is 10.5. The Kier molecular flexibility index (Phi) is 6.25. The molecule has 0 saturated carbocycles. The summed E-state index contributed by atoms with van der Waals surface area (Å²) in [6, 6.07) is 15.5. The number of benzene rings is 2. The van der Waals surface area contributed by atoms with Gasteiger partial charge >= 0.3 is 10.1 Å². The number of aliphatic imine (C=N–C) groups is 1. The molecule has 2 N–H and O–H groups in total. The molecule has 1 unspecified atom stereocenters. The number of aromatic nitrogens is 1. The maximum Gasteiger partial charge on any atom is 0.311 e. The van der Waals surface area contributed by atoms with Crippen molar-refractivity contribution in [3.8, 4) is 22.6 Å². The predicted molar refractivity (Wildman–Crippen MR) is 133 cm³/mol. The van der Waals surface area contributed by atoms with E-state index in [1.165, 1.54) is 30.9 Å². The highest BCUT2D eigenvalue weighted by Crippen LogP contribution is 2.41. The van der Waals surface area contributed by atoms with Crippen LogP contribution in [0.3, 0.4) is 0 Å². The number of methoxy groups -OCH3 is 1. The van der Waals surface area contributed by atoms with Gasteiger partial charge in [0.05, 0.1) is 18.6 Å². The fraction of sp³-hybridized carbons (Fsp3) is 0.240. The van der Waals surface area contributed by atoms with E-state index in [0.29, 0.717) is 16.9 Å². The molecule has 2 heterocycles. The van der Waals surface area contributed by atoms with Gasteiger partial charge in [-0.05, 0) is 54.8 Å². The lowest BCUT2D eigenvalue weighted by Gasteiger charge is -2.27. The Morgan fingerprint density at radius 3 is 2.29 bits per heavy atom. The van der Waals surface area contributed by atoms with Gasteiger partial charge in [-0.1, -0.05) is 30.3 Å². The first-order chi connectivity index (χ1) is 16.6. The zero-order valence-electron chi connectivity index (χ0n) is 19.8. The van der Waals surface area contributed by atoms with Crippen LogP contribution in [0.25, 0.3) is 11.1 Å². The topological polar surface area (TPSA) is 124 Å². The van der Waals surface area contributed by atoms with Gasteiger partial charge in [-0.25, -0.2) is 4.99 Å². The smallest absolute Gasteiger partial charge is 0.311 e. The van der Waals surface area contributed by atoms with E-state index in [9.17, 15) is 13.2 Å². The third-order valence-corrected chi connectivity index (χ3v) is 7.42. The minimum absolute atomic E-state index is 0.0459. The number of nitrogens with zero attached hydrogens (tertiary/aromatic N) is 3. The Balaban J connectivity index is 1.88. The Hall–Kier alpha value is -3.92. The van der Waals surface area contributed by atoms with E-state index in [1.54, 1.807) is 44.8 Å². The monoisotopic (exact) mass is 494 g/mol. The molecule has 35 heavy (non-hydrogen) atoms. The second kappa shape index (κ2) is 9.03. The van der Waals surface area contributed by atoms with Crippen molar-refractivity contribution in [2.24, 2.45) is 10.7 Å². The van der Waals surface area contributed by atoms with Crippen LogP contribution in [0.2, 0.25) is 0 Å². The molecule has 0 saturated heterocycles. The van der Waals surface area contributed by atoms with Gasteiger partial charge in [0.2, 0.25) is 0 Å². The lowest BCUT2D eigenvalue weighted by atomic mass is 9.81. The molecule has 1 atom stereocenters. The summed E-state index contributed by atoms with van der Waals surface area (Å²) in [7, 11) is -0.730. The number of carbonyl (C=O) groups is 1. The molecule has 1 amide bonds. The van der Waals surface area contributed by atoms with Crippen LogP contribution in [0.15, 0.2) is 72.0 Å². The van der Waals surface area contributed by atoms with Crippen molar-refractivity contribution in [1.29, 1.82) is 0 Å². The summed E-state index contributed by atoms with van der Waals surface area (Å²) < 4.78 is 35.3. The number of pyridine rings is 1. The molecular weight excluding hydrogens is 468 g/mol. The molecule has 3 aromatic rings. The van der Waals surface area contributed by atoms with E-state index in [2.05, 4.69) is 9.98 Å². The predicted octanol–water partition coefficient (Wildman–Crippen LogP) is 2.90. The summed E-state index contributed by atoms with van der Waals surface area (Å²) in [5.74, 6) is 0.349. The Labute approximate surface area is 204 Å². The van der Waals surface area contributed by atoms with Gasteiger partial charge in [0, 0.05) is 18.8 Å². The zero-order valence-corrected chi connectivity index (χ0v) is 20.6. The molecule has 10 heteroatoms. The molecule has 182 valence electrons. The van der Waals surface area contributed by atoms with Crippen LogP contribution in [0.5, 0.6) is 11.5 Å². The number of amides is 1. The lowest BCUT2D eigenvalue weighted by molar-refractivity contribution is -0.129. The van der Waals surface area contributed by atoms with Gasteiger partial charge in [0.1, 0.15) is 11.5 Å². The number of likely N-dealkylation sites (N-methyl/N-ethyl adjacent to an activating group) is 1. The van der Waals surface area contributed by atoms with Crippen LogP contribution in [0.4, 0.5) is 0 Å². The van der Waals surface area contributed by atoms with E-state index >= 15 is 0 Å². The molecule has 0 spiro atoms. The van der Waals surface area contributed by atoms with E-state index < -0.39 is 20.9 Å². The van der Waals surface area contributed by atoms with Crippen molar-refractivity contribution in [3.63, 3.8) is 0 Å². The molecule has 2 aromatic carbocycles. The molecule has 0 radical (unpaired) electrons. The highest BCUT2D eigenvalue weighted by molar-refractivity contribution is 7.87. The first kappa shape index (κ1) is 24.2. The van der Waals surface area contributed by atoms with Crippen molar-refractivity contribution in [1.82, 2.24) is 9.88 Å². The number of hydrogen-bond acceptors (Lipinski definition) is 8. The van der Waals surface area contributed by atoms with Crippen LogP contribution in [-0.4, -0.2) is 49.6 Å². The summed E-state index contributed by atoms with van der Waals surface area (Å²) in [6.07, 6.45) is 3.30. The first-order valence-electron chi connectivity index (χ1n) is 10.9. The van der Waals surface area contributed by atoms with Crippen molar-refractivity contribution < 1.29 is 22.1 Å². The Morgan fingerprint density at radius 1 is 0.971 bits per heavy atom. The van der Waals surface area contributed by atoms with Gasteiger partial charge in [0.15, 0.2) is 11.5 Å². The number of nitrogens with two attached hydrogens (primary N) is 1. The minimum atomic E-state index is -3.84. The Morgan fingerprint density at radius 2 is 1.66 bits per heavy atom. The molecule has 9 nitrogen and oxygen atoms in total. The largest absolute Gasteiger partial charge is 0.495 e. The molecule has 4 rings (SSSR count). The number of ether oxygens (including phenoxy) is 1. The van der Waals surface area contributed by atoms with Crippen LogP contribution in [0.1, 0.15) is 25.0 Å². The van der Waals surface area contributed by atoms with E-state index in [0.717, 1.165) is 11.1 Å². The summed E-state index contributed by atoms with van der Waals surface area (Å²) >= 11 is 0. The normalized spacial score (nSPS) is 18.0. The van der Waals surface area contributed by atoms with Gasteiger partial charge in [0.25, 0.3) is 5.91 Å². The van der Waals surface area contributed by atoms with Crippen molar-refractivity contribution >= 4 is 22.0 Å². The first-order valence-corrected chi connectivity index (χ1v) is 12.3. The molecule has 0 bridgehead atoms. The summed E-state index contributed by atoms with van der Waals surface area (Å²) in [6.45, 7) is 3.06. The highest BCUT2D eigenvalue weighted by Gasteiger charge is 2.49. The number of rotatable bonds is 7. The van der Waals surface area contributed by atoms with E-state index in [-0.39, 0.29) is 17.6 Å². The third-order valence-electron chi connectivity index (χ3n) is 5.84. The van der Waals surface area contributed by atoms with Gasteiger partial charge in [-0.2, -0.15) is 8.42 Å². The van der Waals surface area contributed by atoms with Crippen LogP contribution < -0.4 is 14.7 Å². The maximum atomic E-state index is 13.6. The molecule has 0 fully saturated rings. The highest BCUT2D eigenvalue weighted by atomic mass is 32.2. The average molecular weight is 495 g/mol. The summed E-state index contributed by atoms with van der Waals surface area (Å²) in [5, 5.41) is -0.735. The standard InChI is InChI=1S/C25H26N4O5S/c1-16(2)35(31,32)34-21-10-6-9-20(13-21)25(23(30)29(3)24(26)28-25)19-8-5-7-17(11-19)18-12-22(33-4)15-27-14-18/h5-16H,1-4H3,(H2,26,28). The number of hydrogen-bond donors (Lipinski definition) is 1. The average Bonchev–Trinajstić information content (AvgIpc) is 3.08. The third kappa shape index (κ3) is 4.32. The van der Waals surface area contributed by atoms with E-state index in [4.69, 9.17) is 14.7 Å². The molecule has 1 aliphatic heterocycles. The minimum Gasteiger partial charge on any atom is -0.495 e. The van der Waals surface area contributed by atoms with Crippen molar-refractivity contribution in [3.05, 3.63) is 78.1 Å². The second-order valence-electron chi connectivity index (χ2n) is 8.39. The fourth-order valence-electron chi connectivity index (χ4n) is 3.80. The summed E-state index contributed by atoms with van der Waals surface area (Å²) in [4.78, 5) is 23.7. The van der Waals surface area contributed by atoms with E-state index in [1.807, 2.05) is 24.3 Å². The lowest BCUT2D eigenvalue weighted by Crippen LogP contribution is -2.41. The fourth-order valence-corrected chi connectivity index (χ4v) is 4.36. The number of guanidine groups is 1. The zero-order chi connectivity index (χ0) is 25.4. The molecular formula is C25H26N4O5S. The van der Waals surface area contributed by atoms with Crippen LogP contribution in [-0.2, 0) is 20.5 Å². The number of carbonyl (C=O) groups excluding carboxylic acids is 1. The van der Waals surface area contributed by atoms with Crippen molar-refractivity contribution in [2.75, 3.05) is 14.2 Å². The maximum absolute atomic E-state index is 13.6. The Bertz CT molecular complexity index is 1420. The van der Waals surface area contributed by atoms with Crippen molar-refractivity contribution in [2.45, 2.75) is 24.6 Å². The molecule has 1 aliphatic rings. The van der Waals surface area contributed by atoms with Gasteiger partial charge in [-0.15, -0.1) is 0 Å². The summed E-state index contributed by atoms with van der Waals surface area (Å²) in [5.41, 5.74) is 7.12. The quantitative estimate of drug-likeness (QED) is 0.501. The SMILES string of the molecule is COc1cncc(-c2cccc(C3(c4cccc(OS(=O)(=O)C(C)C)c4)N=C(N)N(C)C3=O)c2)c1. The van der Waals surface area contributed by atoms with Gasteiger partial charge < -0.3 is 14.7 Å². The molecule has 0 aliphatic carbocycles. The van der Waals surface area contributed by atoms with Gasteiger partial charge in [-0.3, -0.25) is 14.7 Å². The van der Waals surface area contributed by atoms with Crippen LogP contribution in [0, 0.1) is 0 Å². The van der Waals surface area contributed by atoms with Crippen LogP contribution >= 0.6 is 0 Å². The molecule has 1 aromatic heterocycles.